The molecule has 0 saturated carbocycles. The van der Waals surface area contributed by atoms with Gasteiger partial charge >= 0.3 is 6.09 Å². The Bertz CT molecular complexity index is 386. The van der Waals surface area contributed by atoms with Gasteiger partial charge < -0.3 is 10.1 Å². The average Bonchev–Trinajstić information content (AvgIpc) is 2.57. The molecule has 0 aromatic heterocycles. The first kappa shape index (κ1) is 12.1. The third-order valence-corrected chi connectivity index (χ3v) is 2.32. The number of halogens is 3. The number of rotatable bonds is 1. The minimum Gasteiger partial charge on any atom is -0.447 e. The van der Waals surface area contributed by atoms with E-state index in [4.69, 9.17) is 11.6 Å². The van der Waals surface area contributed by atoms with Crippen LogP contribution in [0.25, 0.3) is 0 Å². The summed E-state index contributed by atoms with van der Waals surface area (Å²) >= 11 is 5.60. The molecule has 1 saturated heterocycles. The Hall–Kier alpha value is -1.00. The zero-order valence-electron chi connectivity index (χ0n) is 7.50. The van der Waals surface area contributed by atoms with E-state index in [0.29, 0.717) is 5.56 Å². The molecule has 1 fully saturated rings. The van der Waals surface area contributed by atoms with Crippen molar-refractivity contribution in [2.45, 2.75) is 6.04 Å². The van der Waals surface area contributed by atoms with Gasteiger partial charge in [-0.05, 0) is 6.07 Å². The van der Waals surface area contributed by atoms with E-state index in [2.05, 4.69) is 10.1 Å². The number of amides is 1. The summed E-state index contributed by atoms with van der Waals surface area (Å²) in [7, 11) is 0. The molecular weight excluding hydrogens is 244 g/mol. The van der Waals surface area contributed by atoms with E-state index in [0.717, 1.165) is 0 Å². The maximum atomic E-state index is 13.4. The Morgan fingerprint density at radius 1 is 1.53 bits per heavy atom. The van der Waals surface area contributed by atoms with Crippen molar-refractivity contribution in [3.63, 3.8) is 0 Å². The first-order valence-electron chi connectivity index (χ1n) is 4.05. The van der Waals surface area contributed by atoms with E-state index < -0.39 is 18.0 Å². The summed E-state index contributed by atoms with van der Waals surface area (Å²) in [4.78, 5) is 10.7. The Kier molecular flexibility index (Phi) is 3.77. The molecule has 1 aliphatic heterocycles. The van der Waals surface area contributed by atoms with Crippen LogP contribution in [-0.2, 0) is 4.74 Å². The largest absolute Gasteiger partial charge is 0.447 e. The van der Waals surface area contributed by atoms with E-state index in [1.54, 1.807) is 12.1 Å². The lowest BCUT2D eigenvalue weighted by molar-refractivity contribution is 0.177. The molecule has 0 spiro atoms. The zero-order valence-corrected chi connectivity index (χ0v) is 9.07. The van der Waals surface area contributed by atoms with Crippen molar-refractivity contribution in [3.8, 4) is 0 Å². The van der Waals surface area contributed by atoms with Gasteiger partial charge in [0.25, 0.3) is 0 Å². The lowest BCUT2D eigenvalue weighted by atomic mass is 10.1. The second-order valence-corrected chi connectivity index (χ2v) is 3.35. The molecule has 1 atom stereocenters. The molecule has 15 heavy (non-hydrogen) atoms. The number of ether oxygens (including phenoxy) is 1. The molecule has 2 rings (SSSR count). The quantitative estimate of drug-likeness (QED) is 0.834. The van der Waals surface area contributed by atoms with E-state index in [1.807, 2.05) is 0 Å². The van der Waals surface area contributed by atoms with Crippen LogP contribution < -0.4 is 5.32 Å². The Morgan fingerprint density at radius 3 is 2.87 bits per heavy atom. The minimum absolute atomic E-state index is 0. The molecule has 6 heteroatoms. The van der Waals surface area contributed by atoms with Gasteiger partial charge in [0, 0.05) is 5.56 Å². The number of hydrogen-bond donors (Lipinski definition) is 1. The molecule has 0 bridgehead atoms. The van der Waals surface area contributed by atoms with Crippen molar-refractivity contribution in [3.05, 3.63) is 34.6 Å². The summed E-state index contributed by atoms with van der Waals surface area (Å²) in [5.41, 5.74) is 0.350. The van der Waals surface area contributed by atoms with Crippen molar-refractivity contribution >= 4 is 30.1 Å². The molecule has 0 aliphatic carbocycles. The second-order valence-electron chi connectivity index (χ2n) is 2.94. The average molecular weight is 252 g/mol. The normalized spacial score (nSPS) is 19.1. The molecule has 1 N–H and O–H groups in total. The van der Waals surface area contributed by atoms with Gasteiger partial charge in [0.15, 0.2) is 0 Å². The first-order valence-corrected chi connectivity index (χ1v) is 4.43. The number of benzene rings is 1. The van der Waals surface area contributed by atoms with Crippen molar-refractivity contribution < 1.29 is 13.9 Å². The van der Waals surface area contributed by atoms with Gasteiger partial charge in [-0.25, -0.2) is 9.18 Å². The summed E-state index contributed by atoms with van der Waals surface area (Å²) in [5.74, 6) is -0.509. The minimum atomic E-state index is -0.533. The predicted octanol–water partition coefficient (Wildman–Crippen LogP) is 2.68. The van der Waals surface area contributed by atoms with Gasteiger partial charge in [-0.3, -0.25) is 0 Å². The van der Waals surface area contributed by atoms with E-state index in [-0.39, 0.29) is 24.0 Å². The third kappa shape index (κ3) is 2.33. The highest BCUT2D eigenvalue weighted by atomic mass is 35.5. The fourth-order valence-corrected chi connectivity index (χ4v) is 1.52. The fourth-order valence-electron chi connectivity index (χ4n) is 1.34. The number of carbonyl (C=O) groups excluding carboxylic acids is 1. The molecule has 1 aliphatic rings. The molecule has 0 unspecified atom stereocenters. The molecule has 0 radical (unpaired) electrons. The van der Waals surface area contributed by atoms with Crippen molar-refractivity contribution in [1.29, 1.82) is 0 Å². The van der Waals surface area contributed by atoms with Crippen LogP contribution >= 0.6 is 24.0 Å². The van der Waals surface area contributed by atoms with Crippen molar-refractivity contribution in [1.82, 2.24) is 5.32 Å². The monoisotopic (exact) mass is 251 g/mol. The van der Waals surface area contributed by atoms with Crippen LogP contribution in [0.3, 0.4) is 0 Å². The third-order valence-electron chi connectivity index (χ3n) is 2.03. The highest BCUT2D eigenvalue weighted by Crippen LogP contribution is 2.25. The lowest BCUT2D eigenvalue weighted by Gasteiger charge is -2.09. The van der Waals surface area contributed by atoms with Gasteiger partial charge in [-0.2, -0.15) is 0 Å². The summed E-state index contributed by atoms with van der Waals surface area (Å²) < 4.78 is 18.1. The van der Waals surface area contributed by atoms with E-state index >= 15 is 0 Å². The maximum Gasteiger partial charge on any atom is 0.407 e. The summed E-state index contributed by atoms with van der Waals surface area (Å²) in [5, 5.41) is 2.52. The maximum absolute atomic E-state index is 13.4. The molecule has 1 aromatic rings. The molecule has 3 nitrogen and oxygen atoms in total. The van der Waals surface area contributed by atoms with Crippen LogP contribution in [0.4, 0.5) is 9.18 Å². The molecule has 1 heterocycles. The van der Waals surface area contributed by atoms with Gasteiger partial charge in [-0.1, -0.05) is 23.7 Å². The van der Waals surface area contributed by atoms with Crippen LogP contribution in [0.2, 0.25) is 5.02 Å². The SMILES string of the molecule is Cl.O=C1N[C@H](c2cccc(Cl)c2F)CO1. The van der Waals surface area contributed by atoms with Gasteiger partial charge in [-0.15, -0.1) is 12.4 Å². The van der Waals surface area contributed by atoms with Crippen molar-refractivity contribution in [2.24, 2.45) is 0 Å². The highest BCUT2D eigenvalue weighted by molar-refractivity contribution is 6.30. The standard InChI is InChI=1S/C9H7ClFNO2.ClH/c10-6-3-1-2-5(8(6)11)7-4-14-9(13)12-7;/h1-3,7H,4H2,(H,12,13);1H/t7-;/m0./s1. The topological polar surface area (TPSA) is 38.3 Å². The zero-order chi connectivity index (χ0) is 10.1. The van der Waals surface area contributed by atoms with Crippen molar-refractivity contribution in [2.75, 3.05) is 6.61 Å². The molecular formula is C9H8Cl2FNO2. The molecule has 82 valence electrons. The van der Waals surface area contributed by atoms with Crippen LogP contribution in [0.1, 0.15) is 11.6 Å². The highest BCUT2D eigenvalue weighted by Gasteiger charge is 2.26. The Morgan fingerprint density at radius 2 is 2.27 bits per heavy atom. The van der Waals surface area contributed by atoms with E-state index in [9.17, 15) is 9.18 Å². The fraction of sp³-hybridized carbons (Fsp3) is 0.222. The summed E-state index contributed by atoms with van der Waals surface area (Å²) in [6, 6.07) is 4.21. The number of hydrogen-bond acceptors (Lipinski definition) is 2. The van der Waals surface area contributed by atoms with Gasteiger partial charge in [0.2, 0.25) is 0 Å². The molecule has 1 amide bonds. The number of carbonyl (C=O) groups is 1. The molecule has 1 aromatic carbocycles. The number of alkyl carbamates (subject to hydrolysis) is 1. The lowest BCUT2D eigenvalue weighted by Crippen LogP contribution is -2.19. The van der Waals surface area contributed by atoms with Gasteiger partial charge in [0.05, 0.1) is 11.1 Å². The Balaban J connectivity index is 0.00000112. The van der Waals surface area contributed by atoms with Crippen LogP contribution in [-0.4, -0.2) is 12.7 Å². The number of nitrogens with one attached hydrogen (secondary N) is 1. The smallest absolute Gasteiger partial charge is 0.407 e. The Labute approximate surface area is 97.0 Å². The predicted molar refractivity (Wildman–Crippen MR) is 55.9 cm³/mol. The van der Waals surface area contributed by atoms with E-state index in [1.165, 1.54) is 6.07 Å². The van der Waals surface area contributed by atoms with Crippen LogP contribution in [0.5, 0.6) is 0 Å². The number of cyclic esters (lactones) is 1. The van der Waals surface area contributed by atoms with Gasteiger partial charge in [0.1, 0.15) is 12.4 Å². The van der Waals surface area contributed by atoms with Crippen LogP contribution in [0.15, 0.2) is 18.2 Å². The second kappa shape index (κ2) is 4.68. The summed E-state index contributed by atoms with van der Waals surface area (Å²) in [6.07, 6.45) is -0.533. The van der Waals surface area contributed by atoms with Crippen LogP contribution in [0, 0.1) is 5.82 Å². The first-order chi connectivity index (χ1) is 6.68. The summed E-state index contributed by atoms with van der Waals surface area (Å²) in [6.45, 7) is 0.135.